The first-order chi connectivity index (χ1) is 9.54. The van der Waals surface area contributed by atoms with Crippen LogP contribution in [-0.2, 0) is 10.3 Å². The minimum Gasteiger partial charge on any atom is -0.479 e. The highest BCUT2D eigenvalue weighted by molar-refractivity contribution is 5.98. The molecule has 0 aliphatic rings. The number of aliphatic carboxylic acids is 1. The number of rotatable bonds is 4. The summed E-state index contributed by atoms with van der Waals surface area (Å²) in [4.78, 5) is 23.7. The summed E-state index contributed by atoms with van der Waals surface area (Å²) in [5, 5.41) is 12.1. The van der Waals surface area contributed by atoms with Crippen molar-refractivity contribution in [3.63, 3.8) is 0 Å². The molecule has 102 valence electrons. The summed E-state index contributed by atoms with van der Waals surface area (Å²) < 4.78 is 0. The molecule has 0 aliphatic carbocycles. The minimum absolute atomic E-state index is 0.417. The van der Waals surface area contributed by atoms with E-state index in [1.165, 1.54) is 6.92 Å². The Morgan fingerprint density at radius 2 is 1.45 bits per heavy atom. The van der Waals surface area contributed by atoms with Crippen molar-refractivity contribution >= 4 is 11.9 Å². The Hall–Kier alpha value is -2.62. The first-order valence-electron chi connectivity index (χ1n) is 6.20. The lowest BCUT2D eigenvalue weighted by atomic mass is 9.91. The van der Waals surface area contributed by atoms with Crippen LogP contribution in [0.2, 0.25) is 0 Å². The fourth-order valence-electron chi connectivity index (χ4n) is 1.91. The van der Waals surface area contributed by atoms with Crippen LogP contribution in [0.3, 0.4) is 0 Å². The van der Waals surface area contributed by atoms with E-state index in [4.69, 9.17) is 0 Å². The van der Waals surface area contributed by atoms with Gasteiger partial charge >= 0.3 is 5.97 Å². The summed E-state index contributed by atoms with van der Waals surface area (Å²) in [6.45, 7) is 1.48. The Kier molecular flexibility index (Phi) is 3.84. The predicted molar refractivity (Wildman–Crippen MR) is 75.3 cm³/mol. The van der Waals surface area contributed by atoms with E-state index in [1.807, 2.05) is 0 Å². The summed E-state index contributed by atoms with van der Waals surface area (Å²) in [7, 11) is 0. The van der Waals surface area contributed by atoms with Crippen molar-refractivity contribution in [1.82, 2.24) is 5.32 Å². The lowest BCUT2D eigenvalue weighted by Gasteiger charge is -2.26. The number of hydrogen-bond acceptors (Lipinski definition) is 2. The van der Waals surface area contributed by atoms with Crippen molar-refractivity contribution in [2.45, 2.75) is 12.5 Å². The largest absolute Gasteiger partial charge is 0.479 e. The molecule has 1 atom stereocenters. The van der Waals surface area contributed by atoms with Crippen LogP contribution in [0.25, 0.3) is 0 Å². The van der Waals surface area contributed by atoms with Crippen molar-refractivity contribution in [2.24, 2.45) is 0 Å². The van der Waals surface area contributed by atoms with E-state index in [0.717, 1.165) is 0 Å². The fraction of sp³-hybridized carbons (Fsp3) is 0.125. The van der Waals surface area contributed by atoms with Gasteiger partial charge in [-0.3, -0.25) is 4.79 Å². The standard InChI is InChI=1S/C16H15NO3/c1-16(15(19)20,13-10-6-3-7-11-13)17-14(18)12-8-4-2-5-9-12/h2-11H,1H3,(H,17,18)(H,19,20)/t16-/m1/s1. The van der Waals surface area contributed by atoms with Gasteiger partial charge in [0.15, 0.2) is 5.54 Å². The number of amides is 1. The van der Waals surface area contributed by atoms with Crippen LogP contribution in [0.1, 0.15) is 22.8 Å². The highest BCUT2D eigenvalue weighted by atomic mass is 16.4. The van der Waals surface area contributed by atoms with E-state index in [0.29, 0.717) is 11.1 Å². The highest BCUT2D eigenvalue weighted by Gasteiger charge is 2.36. The van der Waals surface area contributed by atoms with Crippen LogP contribution in [0, 0.1) is 0 Å². The molecule has 20 heavy (non-hydrogen) atoms. The lowest BCUT2D eigenvalue weighted by molar-refractivity contribution is -0.144. The molecule has 1 amide bonds. The lowest BCUT2D eigenvalue weighted by Crippen LogP contribution is -2.49. The first-order valence-corrected chi connectivity index (χ1v) is 6.20. The van der Waals surface area contributed by atoms with Gasteiger partial charge in [-0.2, -0.15) is 0 Å². The molecule has 2 N–H and O–H groups in total. The summed E-state index contributed by atoms with van der Waals surface area (Å²) in [6, 6.07) is 17.2. The maximum Gasteiger partial charge on any atom is 0.333 e. The Balaban J connectivity index is 2.32. The Labute approximate surface area is 117 Å². The minimum atomic E-state index is -1.46. The monoisotopic (exact) mass is 269 g/mol. The molecule has 4 nitrogen and oxygen atoms in total. The SMILES string of the molecule is C[C@](NC(=O)c1ccccc1)(C(=O)O)c1ccccc1. The summed E-state index contributed by atoms with van der Waals surface area (Å²) in [6.07, 6.45) is 0. The van der Waals surface area contributed by atoms with Gasteiger partial charge < -0.3 is 10.4 Å². The molecule has 2 rings (SSSR count). The molecule has 0 heterocycles. The van der Waals surface area contributed by atoms with Crippen molar-refractivity contribution in [1.29, 1.82) is 0 Å². The second-order valence-electron chi connectivity index (χ2n) is 4.62. The Morgan fingerprint density at radius 1 is 0.950 bits per heavy atom. The van der Waals surface area contributed by atoms with Crippen LogP contribution >= 0.6 is 0 Å². The molecule has 0 fully saturated rings. The smallest absolute Gasteiger partial charge is 0.333 e. The average Bonchev–Trinajstić information content (AvgIpc) is 2.48. The molecule has 0 aliphatic heterocycles. The molecule has 0 saturated carbocycles. The predicted octanol–water partition coefficient (Wildman–Crippen LogP) is 2.42. The molecule has 0 bridgehead atoms. The first kappa shape index (κ1) is 13.8. The van der Waals surface area contributed by atoms with E-state index in [-0.39, 0.29) is 0 Å². The topological polar surface area (TPSA) is 66.4 Å². The second-order valence-corrected chi connectivity index (χ2v) is 4.62. The zero-order valence-electron chi connectivity index (χ0n) is 11.0. The number of nitrogens with one attached hydrogen (secondary N) is 1. The molecule has 0 saturated heterocycles. The molecule has 4 heteroatoms. The van der Waals surface area contributed by atoms with Crippen LogP contribution in [-0.4, -0.2) is 17.0 Å². The molecule has 0 radical (unpaired) electrons. The van der Waals surface area contributed by atoms with Crippen molar-refractivity contribution < 1.29 is 14.7 Å². The van der Waals surface area contributed by atoms with Gasteiger partial charge in [-0.25, -0.2) is 4.79 Å². The van der Waals surface area contributed by atoms with Gasteiger partial charge in [0, 0.05) is 5.56 Å². The molecule has 2 aromatic rings. The van der Waals surface area contributed by atoms with Crippen molar-refractivity contribution in [3.8, 4) is 0 Å². The Bertz CT molecular complexity index is 610. The summed E-state index contributed by atoms with van der Waals surface area (Å²) in [5.41, 5.74) is -0.513. The molecule has 2 aromatic carbocycles. The zero-order valence-corrected chi connectivity index (χ0v) is 11.0. The molecule has 0 aromatic heterocycles. The highest BCUT2D eigenvalue weighted by Crippen LogP contribution is 2.21. The van der Waals surface area contributed by atoms with Crippen molar-refractivity contribution in [2.75, 3.05) is 0 Å². The van der Waals surface area contributed by atoms with Crippen LogP contribution in [0.15, 0.2) is 60.7 Å². The van der Waals surface area contributed by atoms with E-state index >= 15 is 0 Å². The normalized spacial score (nSPS) is 13.2. The van der Waals surface area contributed by atoms with Gasteiger partial charge in [-0.1, -0.05) is 48.5 Å². The quantitative estimate of drug-likeness (QED) is 0.895. The third-order valence-electron chi connectivity index (χ3n) is 3.18. The summed E-state index contributed by atoms with van der Waals surface area (Å²) in [5.74, 6) is -1.52. The molecular formula is C16H15NO3. The van der Waals surface area contributed by atoms with Gasteiger partial charge in [0.1, 0.15) is 0 Å². The van der Waals surface area contributed by atoms with Gasteiger partial charge in [0.05, 0.1) is 0 Å². The van der Waals surface area contributed by atoms with Gasteiger partial charge in [0.25, 0.3) is 5.91 Å². The Morgan fingerprint density at radius 3 is 1.95 bits per heavy atom. The molecule has 0 spiro atoms. The zero-order chi connectivity index (χ0) is 14.6. The molecule has 0 unspecified atom stereocenters. The van der Waals surface area contributed by atoms with Gasteiger partial charge in [-0.15, -0.1) is 0 Å². The summed E-state index contributed by atoms with van der Waals surface area (Å²) >= 11 is 0. The molecular weight excluding hydrogens is 254 g/mol. The number of carboxylic acid groups (broad SMARTS) is 1. The maximum atomic E-state index is 12.2. The maximum absolute atomic E-state index is 12.2. The van der Waals surface area contributed by atoms with E-state index in [9.17, 15) is 14.7 Å². The van der Waals surface area contributed by atoms with E-state index in [1.54, 1.807) is 60.7 Å². The number of carbonyl (C=O) groups excluding carboxylic acids is 1. The number of carboxylic acids is 1. The van der Waals surface area contributed by atoms with Gasteiger partial charge in [-0.05, 0) is 24.6 Å². The van der Waals surface area contributed by atoms with Crippen LogP contribution in [0.5, 0.6) is 0 Å². The second kappa shape index (κ2) is 5.57. The van der Waals surface area contributed by atoms with E-state index < -0.39 is 17.4 Å². The van der Waals surface area contributed by atoms with Gasteiger partial charge in [0.2, 0.25) is 0 Å². The number of benzene rings is 2. The van der Waals surface area contributed by atoms with E-state index in [2.05, 4.69) is 5.32 Å². The fourth-order valence-corrected chi connectivity index (χ4v) is 1.91. The third-order valence-corrected chi connectivity index (χ3v) is 3.18. The number of hydrogen-bond donors (Lipinski definition) is 2. The third kappa shape index (κ3) is 2.69. The van der Waals surface area contributed by atoms with Crippen LogP contribution < -0.4 is 5.32 Å². The average molecular weight is 269 g/mol. The van der Waals surface area contributed by atoms with Crippen molar-refractivity contribution in [3.05, 3.63) is 71.8 Å². The number of carbonyl (C=O) groups is 2. The van der Waals surface area contributed by atoms with Crippen LogP contribution in [0.4, 0.5) is 0 Å².